The van der Waals surface area contributed by atoms with Gasteiger partial charge < -0.3 is 10.1 Å². The van der Waals surface area contributed by atoms with Crippen molar-refractivity contribution in [1.29, 1.82) is 0 Å². The zero-order valence-corrected chi connectivity index (χ0v) is 12.4. The predicted octanol–water partition coefficient (Wildman–Crippen LogP) is 3.30. The van der Waals surface area contributed by atoms with Gasteiger partial charge in [-0.3, -0.25) is 4.79 Å². The first-order chi connectivity index (χ1) is 10.2. The fourth-order valence-corrected chi connectivity index (χ4v) is 2.73. The van der Waals surface area contributed by atoms with Crippen LogP contribution in [-0.4, -0.2) is 17.5 Å². The molecule has 0 spiro atoms. The van der Waals surface area contributed by atoms with Gasteiger partial charge >= 0.3 is 0 Å². The molecular weight excluding hydrogens is 288 g/mol. The monoisotopic (exact) mass is 302 g/mol. The van der Waals surface area contributed by atoms with Crippen LogP contribution < -0.4 is 5.32 Å². The second kappa shape index (κ2) is 5.84. The lowest BCUT2D eigenvalue weighted by atomic mass is 9.97. The molecule has 2 heterocycles. The minimum Gasteiger partial charge on any atom is -0.363 e. The van der Waals surface area contributed by atoms with Gasteiger partial charge in [0.05, 0.1) is 12.3 Å². The average Bonchev–Trinajstić information content (AvgIpc) is 2.50. The highest BCUT2D eigenvalue weighted by Gasteiger charge is 2.27. The number of hydrogen-bond donors (Lipinski definition) is 1. The molecule has 108 valence electrons. The molecule has 0 bridgehead atoms. The van der Waals surface area contributed by atoms with E-state index >= 15 is 0 Å². The largest absolute Gasteiger partial charge is 0.363 e. The third-order valence-corrected chi connectivity index (χ3v) is 3.88. The van der Waals surface area contributed by atoms with Crippen LogP contribution in [0.2, 0.25) is 5.15 Å². The fourth-order valence-electron chi connectivity index (χ4n) is 2.48. The van der Waals surface area contributed by atoms with Gasteiger partial charge in [0.25, 0.3) is 5.91 Å². The van der Waals surface area contributed by atoms with Crippen LogP contribution in [0.5, 0.6) is 0 Å². The van der Waals surface area contributed by atoms with E-state index in [1.54, 1.807) is 12.3 Å². The van der Waals surface area contributed by atoms with Gasteiger partial charge in [-0.15, -0.1) is 0 Å². The van der Waals surface area contributed by atoms with E-state index in [9.17, 15) is 4.79 Å². The average molecular weight is 303 g/mol. The van der Waals surface area contributed by atoms with Crippen LogP contribution in [0.15, 0.2) is 36.5 Å². The lowest BCUT2D eigenvalue weighted by Gasteiger charge is -2.25. The highest BCUT2D eigenvalue weighted by atomic mass is 35.5. The number of aryl methyl sites for hydroxylation is 1. The van der Waals surface area contributed by atoms with Crippen molar-refractivity contribution in [1.82, 2.24) is 4.98 Å². The van der Waals surface area contributed by atoms with Crippen LogP contribution in [0.3, 0.4) is 0 Å². The van der Waals surface area contributed by atoms with Gasteiger partial charge in [0.2, 0.25) is 0 Å². The Morgan fingerprint density at radius 2 is 2.19 bits per heavy atom. The second-order valence-electron chi connectivity index (χ2n) is 4.98. The number of nitrogens with zero attached hydrogens (tertiary/aromatic N) is 1. The molecule has 3 rings (SSSR count). The van der Waals surface area contributed by atoms with E-state index in [2.05, 4.69) is 10.3 Å². The van der Waals surface area contributed by atoms with E-state index in [1.165, 1.54) is 0 Å². The molecule has 0 radical (unpaired) electrons. The molecule has 0 saturated carbocycles. The summed E-state index contributed by atoms with van der Waals surface area (Å²) in [6.07, 6.45) is 1.83. The standard InChI is InChI=1S/C16H15ClN2O2/c1-10-6-8-18-15(17)13(10)19-16(20)14-12-5-3-2-4-11(12)7-9-21-14/h2-6,8,14H,7,9H2,1H3,(H,19,20). The van der Waals surface area contributed by atoms with E-state index in [0.29, 0.717) is 12.3 Å². The number of fused-ring (bicyclic) bond motifs is 1. The maximum Gasteiger partial charge on any atom is 0.258 e. The normalized spacial score (nSPS) is 17.1. The summed E-state index contributed by atoms with van der Waals surface area (Å²) in [6, 6.07) is 9.64. The Hall–Kier alpha value is -1.91. The number of ether oxygens (including phenoxy) is 1. The third kappa shape index (κ3) is 2.77. The molecule has 0 aliphatic carbocycles. The lowest BCUT2D eigenvalue weighted by Crippen LogP contribution is -2.28. The molecule has 21 heavy (non-hydrogen) atoms. The van der Waals surface area contributed by atoms with E-state index in [1.807, 2.05) is 31.2 Å². The topological polar surface area (TPSA) is 51.2 Å². The molecule has 0 saturated heterocycles. The van der Waals surface area contributed by atoms with Gasteiger partial charge in [-0.1, -0.05) is 35.9 Å². The molecule has 1 amide bonds. The van der Waals surface area contributed by atoms with Crippen molar-refractivity contribution in [2.24, 2.45) is 0 Å². The zero-order chi connectivity index (χ0) is 14.8. The van der Waals surface area contributed by atoms with Crippen molar-refractivity contribution in [3.63, 3.8) is 0 Å². The van der Waals surface area contributed by atoms with Gasteiger partial charge in [-0.2, -0.15) is 0 Å². The quantitative estimate of drug-likeness (QED) is 0.866. The number of amides is 1. The summed E-state index contributed by atoms with van der Waals surface area (Å²) >= 11 is 6.05. The maximum absolute atomic E-state index is 12.5. The number of carbonyl (C=O) groups is 1. The van der Waals surface area contributed by atoms with Crippen LogP contribution in [0.25, 0.3) is 0 Å². The molecule has 1 aliphatic heterocycles. The molecule has 1 aromatic carbocycles. The van der Waals surface area contributed by atoms with E-state index in [0.717, 1.165) is 23.1 Å². The number of anilines is 1. The minimum absolute atomic E-state index is 0.222. The number of benzene rings is 1. The Balaban J connectivity index is 1.87. The molecule has 1 aliphatic rings. The Morgan fingerprint density at radius 3 is 3.00 bits per heavy atom. The molecule has 1 atom stereocenters. The molecule has 5 heteroatoms. The van der Waals surface area contributed by atoms with Crippen LogP contribution in [0.4, 0.5) is 5.69 Å². The molecule has 0 fully saturated rings. The second-order valence-corrected chi connectivity index (χ2v) is 5.34. The molecule has 4 nitrogen and oxygen atoms in total. The smallest absolute Gasteiger partial charge is 0.258 e. The van der Waals surface area contributed by atoms with Gasteiger partial charge in [-0.05, 0) is 36.1 Å². The molecule has 2 aromatic rings. The summed E-state index contributed by atoms with van der Waals surface area (Å²) in [4.78, 5) is 16.5. The number of aromatic nitrogens is 1. The fraction of sp³-hybridized carbons (Fsp3) is 0.250. The Kier molecular flexibility index (Phi) is 3.90. The van der Waals surface area contributed by atoms with Crippen LogP contribution >= 0.6 is 11.6 Å². The summed E-state index contributed by atoms with van der Waals surface area (Å²) < 4.78 is 5.64. The van der Waals surface area contributed by atoms with Crippen molar-refractivity contribution >= 4 is 23.2 Å². The highest BCUT2D eigenvalue weighted by Crippen LogP contribution is 2.30. The maximum atomic E-state index is 12.5. The van der Waals surface area contributed by atoms with Gasteiger partial charge in [0.15, 0.2) is 11.3 Å². The Bertz CT molecular complexity index is 667. The van der Waals surface area contributed by atoms with Crippen molar-refractivity contribution in [2.45, 2.75) is 19.4 Å². The SMILES string of the molecule is Cc1ccnc(Cl)c1NC(=O)C1OCCc2ccccc21. The summed E-state index contributed by atoms with van der Waals surface area (Å²) in [5.74, 6) is -0.222. The molecular formula is C16H15ClN2O2. The van der Waals surface area contributed by atoms with Gasteiger partial charge in [0.1, 0.15) is 0 Å². The minimum atomic E-state index is -0.606. The van der Waals surface area contributed by atoms with E-state index in [4.69, 9.17) is 16.3 Å². The van der Waals surface area contributed by atoms with Crippen molar-refractivity contribution < 1.29 is 9.53 Å². The first kappa shape index (κ1) is 14.0. The number of rotatable bonds is 2. The number of carbonyl (C=O) groups excluding carboxylic acids is 1. The first-order valence-electron chi connectivity index (χ1n) is 6.78. The predicted molar refractivity (Wildman–Crippen MR) is 81.5 cm³/mol. The zero-order valence-electron chi connectivity index (χ0n) is 11.6. The summed E-state index contributed by atoms with van der Waals surface area (Å²) in [7, 11) is 0. The molecule has 1 aromatic heterocycles. The van der Waals surface area contributed by atoms with Crippen LogP contribution in [0.1, 0.15) is 22.8 Å². The van der Waals surface area contributed by atoms with Gasteiger partial charge in [-0.25, -0.2) is 4.98 Å². The number of halogens is 1. The number of hydrogen-bond acceptors (Lipinski definition) is 3. The summed E-state index contributed by atoms with van der Waals surface area (Å²) in [6.45, 7) is 2.41. The molecule has 1 unspecified atom stereocenters. The summed E-state index contributed by atoms with van der Waals surface area (Å²) in [5.41, 5.74) is 3.47. The number of nitrogens with one attached hydrogen (secondary N) is 1. The lowest BCUT2D eigenvalue weighted by molar-refractivity contribution is -0.128. The van der Waals surface area contributed by atoms with Crippen LogP contribution in [-0.2, 0) is 16.0 Å². The van der Waals surface area contributed by atoms with Crippen molar-refractivity contribution in [3.05, 3.63) is 58.4 Å². The highest BCUT2D eigenvalue weighted by molar-refractivity contribution is 6.32. The van der Waals surface area contributed by atoms with Gasteiger partial charge in [0, 0.05) is 6.20 Å². The van der Waals surface area contributed by atoms with E-state index < -0.39 is 6.10 Å². The number of pyridine rings is 1. The Labute approximate surface area is 128 Å². The van der Waals surface area contributed by atoms with Crippen molar-refractivity contribution in [3.8, 4) is 0 Å². The molecule has 1 N–H and O–H groups in total. The Morgan fingerprint density at radius 1 is 1.38 bits per heavy atom. The first-order valence-corrected chi connectivity index (χ1v) is 7.16. The van der Waals surface area contributed by atoms with Crippen LogP contribution in [0, 0.1) is 6.92 Å². The third-order valence-electron chi connectivity index (χ3n) is 3.59. The summed E-state index contributed by atoms with van der Waals surface area (Å²) in [5, 5.41) is 3.12. The van der Waals surface area contributed by atoms with E-state index in [-0.39, 0.29) is 11.1 Å². The van der Waals surface area contributed by atoms with Crippen molar-refractivity contribution in [2.75, 3.05) is 11.9 Å².